The highest BCUT2D eigenvalue weighted by atomic mass is 35.5. The van der Waals surface area contributed by atoms with E-state index in [1.807, 2.05) is 18.2 Å². The van der Waals surface area contributed by atoms with Gasteiger partial charge in [-0.05, 0) is 49.2 Å². The molecular weight excluding hydrogens is 279 g/mol. The molecule has 19 heavy (non-hydrogen) atoms. The van der Waals surface area contributed by atoms with Gasteiger partial charge in [-0.2, -0.15) is 0 Å². The first kappa shape index (κ1) is 14.3. The molecule has 1 N–H and O–H groups in total. The van der Waals surface area contributed by atoms with Gasteiger partial charge in [-0.15, -0.1) is 0 Å². The number of aromatic nitrogens is 1. The number of halogens is 2. The minimum Gasteiger partial charge on any atom is -0.305 e. The van der Waals surface area contributed by atoms with Gasteiger partial charge in [-0.1, -0.05) is 29.3 Å². The van der Waals surface area contributed by atoms with E-state index in [4.69, 9.17) is 23.2 Å². The highest BCUT2D eigenvalue weighted by molar-refractivity contribution is 6.33. The van der Waals surface area contributed by atoms with Gasteiger partial charge in [0.15, 0.2) is 0 Å². The molecule has 0 aliphatic heterocycles. The Morgan fingerprint density at radius 3 is 2.79 bits per heavy atom. The van der Waals surface area contributed by atoms with Crippen molar-refractivity contribution in [2.75, 3.05) is 0 Å². The fourth-order valence-electron chi connectivity index (χ4n) is 1.91. The molecule has 0 fully saturated rings. The van der Waals surface area contributed by atoms with Gasteiger partial charge in [0.2, 0.25) is 0 Å². The van der Waals surface area contributed by atoms with Crippen molar-refractivity contribution < 1.29 is 0 Å². The van der Waals surface area contributed by atoms with Crippen molar-refractivity contribution in [2.24, 2.45) is 0 Å². The van der Waals surface area contributed by atoms with Gasteiger partial charge in [0.1, 0.15) is 0 Å². The van der Waals surface area contributed by atoms with Crippen LogP contribution < -0.4 is 5.32 Å². The second-order valence-corrected chi connectivity index (χ2v) is 5.38. The summed E-state index contributed by atoms with van der Waals surface area (Å²) in [5.41, 5.74) is 3.23. The molecule has 0 radical (unpaired) electrons. The van der Waals surface area contributed by atoms with Gasteiger partial charge in [0.05, 0.1) is 5.69 Å². The zero-order valence-electron chi connectivity index (χ0n) is 11.0. The third-order valence-electron chi connectivity index (χ3n) is 3.12. The minimum atomic E-state index is 0.118. The Hall–Kier alpha value is -1.09. The van der Waals surface area contributed by atoms with Gasteiger partial charge in [-0.25, -0.2) is 0 Å². The van der Waals surface area contributed by atoms with Gasteiger partial charge >= 0.3 is 0 Å². The average Bonchev–Trinajstić information content (AvgIpc) is 2.40. The molecule has 0 aliphatic carbocycles. The molecule has 1 aromatic heterocycles. The van der Waals surface area contributed by atoms with Crippen LogP contribution in [-0.2, 0) is 6.54 Å². The summed E-state index contributed by atoms with van der Waals surface area (Å²) in [5, 5.41) is 4.84. The third kappa shape index (κ3) is 3.69. The summed E-state index contributed by atoms with van der Waals surface area (Å²) in [6.45, 7) is 4.83. The molecule has 1 aromatic carbocycles. The Bertz CT molecular complexity index is 570. The van der Waals surface area contributed by atoms with Crippen LogP contribution in [0, 0.1) is 6.92 Å². The molecule has 2 rings (SSSR count). The summed E-state index contributed by atoms with van der Waals surface area (Å²) in [6.07, 6.45) is 1.81. The fourth-order valence-corrected chi connectivity index (χ4v) is 2.37. The molecule has 2 aromatic rings. The van der Waals surface area contributed by atoms with E-state index < -0.39 is 0 Å². The van der Waals surface area contributed by atoms with Crippen molar-refractivity contribution in [1.82, 2.24) is 10.3 Å². The smallest absolute Gasteiger partial charge is 0.0570 e. The van der Waals surface area contributed by atoms with E-state index in [9.17, 15) is 0 Å². The Balaban J connectivity index is 2.07. The molecule has 4 heteroatoms. The Morgan fingerprint density at radius 2 is 2.05 bits per heavy atom. The zero-order chi connectivity index (χ0) is 13.8. The van der Waals surface area contributed by atoms with Crippen molar-refractivity contribution in [3.8, 4) is 0 Å². The first-order valence-electron chi connectivity index (χ1n) is 6.16. The van der Waals surface area contributed by atoms with E-state index in [1.54, 1.807) is 12.3 Å². The second-order valence-electron chi connectivity index (χ2n) is 4.54. The third-order valence-corrected chi connectivity index (χ3v) is 3.70. The van der Waals surface area contributed by atoms with E-state index in [1.165, 1.54) is 5.56 Å². The van der Waals surface area contributed by atoms with E-state index in [0.29, 0.717) is 11.6 Å². The van der Waals surface area contributed by atoms with Crippen LogP contribution in [0.25, 0.3) is 0 Å². The Kier molecular flexibility index (Phi) is 4.81. The average molecular weight is 295 g/mol. The Morgan fingerprint density at radius 1 is 1.26 bits per heavy atom. The largest absolute Gasteiger partial charge is 0.305 e. The van der Waals surface area contributed by atoms with Gasteiger partial charge in [0.25, 0.3) is 0 Å². The van der Waals surface area contributed by atoms with E-state index in [-0.39, 0.29) is 6.04 Å². The topological polar surface area (TPSA) is 24.9 Å². The highest BCUT2D eigenvalue weighted by Crippen LogP contribution is 2.26. The van der Waals surface area contributed by atoms with Crippen molar-refractivity contribution in [2.45, 2.75) is 26.4 Å². The lowest BCUT2D eigenvalue weighted by molar-refractivity contribution is 0.566. The van der Waals surface area contributed by atoms with Crippen molar-refractivity contribution in [3.63, 3.8) is 0 Å². The normalized spacial score (nSPS) is 12.4. The first-order chi connectivity index (χ1) is 9.08. The lowest BCUT2D eigenvalue weighted by Gasteiger charge is -2.16. The molecule has 0 saturated carbocycles. The van der Waals surface area contributed by atoms with Crippen LogP contribution in [0.1, 0.15) is 29.8 Å². The molecule has 1 heterocycles. The second kappa shape index (κ2) is 6.38. The molecule has 0 aliphatic rings. The molecular formula is C15H16Cl2N2. The molecule has 0 spiro atoms. The van der Waals surface area contributed by atoms with Crippen LogP contribution in [-0.4, -0.2) is 4.98 Å². The predicted molar refractivity (Wildman–Crippen MR) is 80.7 cm³/mol. The maximum Gasteiger partial charge on any atom is 0.0570 e. The molecule has 1 unspecified atom stereocenters. The fraction of sp³-hybridized carbons (Fsp3) is 0.267. The summed E-state index contributed by atoms with van der Waals surface area (Å²) >= 11 is 12.2. The van der Waals surface area contributed by atoms with Crippen LogP contribution >= 0.6 is 23.2 Å². The van der Waals surface area contributed by atoms with E-state index in [0.717, 1.165) is 16.3 Å². The lowest BCUT2D eigenvalue weighted by atomic mass is 10.1. The summed E-state index contributed by atoms with van der Waals surface area (Å²) in [7, 11) is 0. The number of nitrogens with zero attached hydrogens (tertiary/aromatic N) is 1. The van der Waals surface area contributed by atoms with Crippen molar-refractivity contribution in [1.29, 1.82) is 0 Å². The summed E-state index contributed by atoms with van der Waals surface area (Å²) < 4.78 is 0. The summed E-state index contributed by atoms with van der Waals surface area (Å²) in [6, 6.07) is 9.63. The minimum absolute atomic E-state index is 0.118. The molecule has 1 atom stereocenters. The lowest BCUT2D eigenvalue weighted by Crippen LogP contribution is -2.19. The predicted octanol–water partition coefficient (Wildman–Crippen LogP) is 4.55. The van der Waals surface area contributed by atoms with Crippen molar-refractivity contribution >= 4 is 23.2 Å². The van der Waals surface area contributed by atoms with Crippen LogP contribution in [0.2, 0.25) is 10.0 Å². The van der Waals surface area contributed by atoms with Crippen LogP contribution in [0.3, 0.4) is 0 Å². The van der Waals surface area contributed by atoms with Gasteiger partial charge in [-0.3, -0.25) is 4.98 Å². The van der Waals surface area contributed by atoms with Gasteiger partial charge < -0.3 is 5.32 Å². The number of aryl methyl sites for hydroxylation is 1. The van der Waals surface area contributed by atoms with Gasteiger partial charge in [0, 0.05) is 28.8 Å². The monoisotopic (exact) mass is 294 g/mol. The van der Waals surface area contributed by atoms with Crippen LogP contribution in [0.5, 0.6) is 0 Å². The summed E-state index contributed by atoms with van der Waals surface area (Å²) in [5.74, 6) is 0. The number of hydrogen-bond donors (Lipinski definition) is 1. The molecule has 2 nitrogen and oxygen atoms in total. The van der Waals surface area contributed by atoms with E-state index in [2.05, 4.69) is 30.2 Å². The number of hydrogen-bond acceptors (Lipinski definition) is 2. The molecule has 100 valence electrons. The van der Waals surface area contributed by atoms with Crippen LogP contribution in [0.4, 0.5) is 0 Å². The number of benzene rings is 1. The standard InChI is InChI=1S/C15H16Cl2N2/c1-10-4-3-7-18-15(10)9-19-11(2)13-8-12(16)5-6-14(13)17/h3-8,11,19H,9H2,1-2H3. The number of rotatable bonds is 4. The highest BCUT2D eigenvalue weighted by Gasteiger charge is 2.10. The maximum absolute atomic E-state index is 6.19. The first-order valence-corrected chi connectivity index (χ1v) is 6.92. The Labute approximate surface area is 123 Å². The van der Waals surface area contributed by atoms with Crippen LogP contribution in [0.15, 0.2) is 36.5 Å². The quantitative estimate of drug-likeness (QED) is 0.895. The number of pyridine rings is 1. The number of nitrogens with one attached hydrogen (secondary N) is 1. The summed E-state index contributed by atoms with van der Waals surface area (Å²) in [4.78, 5) is 4.36. The molecule has 0 bridgehead atoms. The molecule has 0 saturated heterocycles. The van der Waals surface area contributed by atoms with Crippen molar-refractivity contribution in [3.05, 3.63) is 63.4 Å². The zero-order valence-corrected chi connectivity index (χ0v) is 12.5. The SMILES string of the molecule is Cc1cccnc1CNC(C)c1cc(Cl)ccc1Cl. The maximum atomic E-state index is 6.19. The molecule has 0 amide bonds. The van der Waals surface area contributed by atoms with E-state index >= 15 is 0 Å².